The first-order valence-corrected chi connectivity index (χ1v) is 8.89. The number of hydrogen-bond donors (Lipinski definition) is 1. The summed E-state index contributed by atoms with van der Waals surface area (Å²) in [5.41, 5.74) is 0. The van der Waals surface area contributed by atoms with Gasteiger partial charge in [-0.1, -0.05) is 59.8 Å². The standard InChI is InChI=1S/C18H37N/c1-5-7-8-9-10-17-13-16(15(3)4)11-12-18(17)14-19-6-2/h15-19H,5-14H2,1-4H3. The van der Waals surface area contributed by atoms with Crippen molar-refractivity contribution in [2.75, 3.05) is 13.1 Å². The van der Waals surface area contributed by atoms with Crippen molar-refractivity contribution in [3.63, 3.8) is 0 Å². The van der Waals surface area contributed by atoms with Gasteiger partial charge >= 0.3 is 0 Å². The highest BCUT2D eigenvalue weighted by atomic mass is 14.8. The van der Waals surface area contributed by atoms with Crippen LogP contribution in [0.2, 0.25) is 0 Å². The van der Waals surface area contributed by atoms with E-state index in [1.807, 2.05) is 0 Å². The SMILES string of the molecule is CCCCCCC1CC(C(C)C)CCC1CNCC. The van der Waals surface area contributed by atoms with E-state index in [0.717, 1.165) is 30.2 Å². The molecule has 0 saturated heterocycles. The predicted molar refractivity (Wildman–Crippen MR) is 86.5 cm³/mol. The van der Waals surface area contributed by atoms with Crippen molar-refractivity contribution in [3.05, 3.63) is 0 Å². The molecular formula is C18H37N. The van der Waals surface area contributed by atoms with E-state index in [4.69, 9.17) is 0 Å². The fourth-order valence-corrected chi connectivity index (χ4v) is 3.75. The highest BCUT2D eigenvalue weighted by Crippen LogP contribution is 2.39. The van der Waals surface area contributed by atoms with Crippen molar-refractivity contribution in [1.29, 1.82) is 0 Å². The summed E-state index contributed by atoms with van der Waals surface area (Å²) in [7, 11) is 0. The number of rotatable bonds is 9. The molecule has 1 heteroatoms. The van der Waals surface area contributed by atoms with Gasteiger partial charge in [-0.3, -0.25) is 0 Å². The van der Waals surface area contributed by atoms with Gasteiger partial charge in [0.15, 0.2) is 0 Å². The minimum atomic E-state index is 0.887. The molecule has 0 aromatic heterocycles. The van der Waals surface area contributed by atoms with E-state index < -0.39 is 0 Å². The van der Waals surface area contributed by atoms with E-state index in [0.29, 0.717) is 0 Å². The van der Waals surface area contributed by atoms with Gasteiger partial charge in [0.25, 0.3) is 0 Å². The Morgan fingerprint density at radius 3 is 2.42 bits per heavy atom. The van der Waals surface area contributed by atoms with Gasteiger partial charge in [0.2, 0.25) is 0 Å². The van der Waals surface area contributed by atoms with Crippen LogP contribution in [0.15, 0.2) is 0 Å². The Balaban J connectivity index is 2.40. The Bertz CT molecular complexity index is 212. The van der Waals surface area contributed by atoms with Crippen molar-refractivity contribution in [1.82, 2.24) is 5.32 Å². The lowest BCUT2D eigenvalue weighted by Crippen LogP contribution is -2.34. The van der Waals surface area contributed by atoms with Crippen LogP contribution in [0.1, 0.15) is 79.1 Å². The molecule has 114 valence electrons. The smallest absolute Gasteiger partial charge is 0.00180 e. The van der Waals surface area contributed by atoms with Crippen molar-refractivity contribution in [2.45, 2.75) is 79.1 Å². The molecule has 0 amide bonds. The molecule has 1 rings (SSSR count). The molecule has 1 nitrogen and oxygen atoms in total. The molecule has 0 radical (unpaired) electrons. The predicted octanol–water partition coefficient (Wildman–Crippen LogP) is 5.25. The maximum absolute atomic E-state index is 3.59. The van der Waals surface area contributed by atoms with Crippen LogP contribution in [0.25, 0.3) is 0 Å². The Morgan fingerprint density at radius 2 is 1.79 bits per heavy atom. The molecule has 0 spiro atoms. The number of hydrogen-bond acceptors (Lipinski definition) is 1. The fourth-order valence-electron chi connectivity index (χ4n) is 3.75. The van der Waals surface area contributed by atoms with Crippen molar-refractivity contribution < 1.29 is 0 Å². The maximum Gasteiger partial charge on any atom is -0.00180 e. The Kier molecular flexibility index (Phi) is 8.77. The van der Waals surface area contributed by atoms with Crippen LogP contribution < -0.4 is 5.32 Å². The molecule has 1 saturated carbocycles. The fraction of sp³-hybridized carbons (Fsp3) is 1.00. The quantitative estimate of drug-likeness (QED) is 0.562. The highest BCUT2D eigenvalue weighted by Gasteiger charge is 2.30. The minimum Gasteiger partial charge on any atom is -0.317 e. The molecular weight excluding hydrogens is 230 g/mol. The van der Waals surface area contributed by atoms with Crippen molar-refractivity contribution in [3.8, 4) is 0 Å². The lowest BCUT2D eigenvalue weighted by Gasteiger charge is -2.38. The molecule has 1 N–H and O–H groups in total. The van der Waals surface area contributed by atoms with Gasteiger partial charge in [0.05, 0.1) is 0 Å². The summed E-state index contributed by atoms with van der Waals surface area (Å²) in [5, 5.41) is 3.59. The zero-order valence-corrected chi connectivity index (χ0v) is 13.9. The highest BCUT2D eigenvalue weighted by molar-refractivity contribution is 4.82. The Hall–Kier alpha value is -0.0400. The third kappa shape index (κ3) is 6.29. The molecule has 1 fully saturated rings. The zero-order chi connectivity index (χ0) is 14.1. The van der Waals surface area contributed by atoms with Crippen molar-refractivity contribution in [2.24, 2.45) is 23.7 Å². The van der Waals surface area contributed by atoms with Crippen LogP contribution in [0.4, 0.5) is 0 Å². The third-order valence-corrected chi connectivity index (χ3v) is 5.21. The van der Waals surface area contributed by atoms with Crippen LogP contribution in [-0.4, -0.2) is 13.1 Å². The van der Waals surface area contributed by atoms with Gasteiger partial charge in [0, 0.05) is 0 Å². The molecule has 1 aliphatic carbocycles. The van der Waals surface area contributed by atoms with Gasteiger partial charge in [-0.15, -0.1) is 0 Å². The van der Waals surface area contributed by atoms with Crippen LogP contribution in [0.5, 0.6) is 0 Å². The summed E-state index contributed by atoms with van der Waals surface area (Å²) in [6.07, 6.45) is 11.6. The summed E-state index contributed by atoms with van der Waals surface area (Å²) in [6.45, 7) is 11.8. The molecule has 0 aliphatic heterocycles. The van der Waals surface area contributed by atoms with Gasteiger partial charge in [-0.2, -0.15) is 0 Å². The van der Waals surface area contributed by atoms with Crippen molar-refractivity contribution >= 4 is 0 Å². The van der Waals surface area contributed by atoms with E-state index >= 15 is 0 Å². The first-order valence-electron chi connectivity index (χ1n) is 8.89. The number of unbranched alkanes of at least 4 members (excludes halogenated alkanes) is 3. The monoisotopic (exact) mass is 267 g/mol. The molecule has 0 aromatic rings. The second-order valence-electron chi connectivity index (χ2n) is 6.99. The molecule has 1 aliphatic rings. The van der Waals surface area contributed by atoms with E-state index in [-0.39, 0.29) is 0 Å². The van der Waals surface area contributed by atoms with Crippen LogP contribution in [0.3, 0.4) is 0 Å². The Labute approximate surface area is 121 Å². The van der Waals surface area contributed by atoms with E-state index in [2.05, 4.69) is 33.0 Å². The largest absolute Gasteiger partial charge is 0.317 e. The summed E-state index contributed by atoms with van der Waals surface area (Å²) in [6, 6.07) is 0. The van der Waals surface area contributed by atoms with Gasteiger partial charge < -0.3 is 5.32 Å². The van der Waals surface area contributed by atoms with Crippen LogP contribution >= 0.6 is 0 Å². The molecule has 0 bridgehead atoms. The van der Waals surface area contributed by atoms with Gasteiger partial charge in [0.1, 0.15) is 0 Å². The first kappa shape index (κ1) is 17.0. The maximum atomic E-state index is 3.59. The average molecular weight is 268 g/mol. The second-order valence-corrected chi connectivity index (χ2v) is 6.99. The lowest BCUT2D eigenvalue weighted by atomic mass is 9.69. The first-order chi connectivity index (χ1) is 9.19. The minimum absolute atomic E-state index is 0.887. The average Bonchev–Trinajstić information content (AvgIpc) is 2.41. The second kappa shape index (κ2) is 9.80. The summed E-state index contributed by atoms with van der Waals surface area (Å²) in [5.74, 6) is 3.83. The van der Waals surface area contributed by atoms with Crippen LogP contribution in [-0.2, 0) is 0 Å². The Morgan fingerprint density at radius 1 is 1.00 bits per heavy atom. The molecule has 3 unspecified atom stereocenters. The lowest BCUT2D eigenvalue weighted by molar-refractivity contribution is 0.135. The topological polar surface area (TPSA) is 12.0 Å². The summed E-state index contributed by atoms with van der Waals surface area (Å²) in [4.78, 5) is 0. The number of nitrogens with one attached hydrogen (secondary N) is 1. The third-order valence-electron chi connectivity index (χ3n) is 5.21. The van der Waals surface area contributed by atoms with E-state index in [1.165, 1.54) is 57.9 Å². The van der Waals surface area contributed by atoms with E-state index in [1.54, 1.807) is 0 Å². The summed E-state index contributed by atoms with van der Waals surface area (Å²) < 4.78 is 0. The van der Waals surface area contributed by atoms with Crippen LogP contribution in [0, 0.1) is 23.7 Å². The molecule has 19 heavy (non-hydrogen) atoms. The normalized spacial score (nSPS) is 27.9. The summed E-state index contributed by atoms with van der Waals surface area (Å²) >= 11 is 0. The van der Waals surface area contributed by atoms with E-state index in [9.17, 15) is 0 Å². The molecule has 0 heterocycles. The van der Waals surface area contributed by atoms with Gasteiger partial charge in [-0.25, -0.2) is 0 Å². The van der Waals surface area contributed by atoms with Gasteiger partial charge in [-0.05, 0) is 56.0 Å². The molecule has 3 atom stereocenters. The molecule has 0 aromatic carbocycles. The zero-order valence-electron chi connectivity index (χ0n) is 13.9.